The molecule has 0 aliphatic heterocycles. The number of carbonyl (C=O) groups is 1. The van der Waals surface area contributed by atoms with E-state index in [1.165, 1.54) is 0 Å². The number of hydrogen-bond acceptors (Lipinski definition) is 3. The van der Waals surface area contributed by atoms with Crippen LogP contribution in [0, 0.1) is 6.92 Å². The zero-order valence-corrected chi connectivity index (χ0v) is 11.4. The molecule has 2 rings (SSSR count). The minimum atomic E-state index is -0.118. The SMILES string of the molecule is Cc1ccccc1NC(=O)CNc1ccccc1CO. The molecular formula is C16H18N2O2. The van der Waals surface area contributed by atoms with Crippen molar-refractivity contribution in [2.45, 2.75) is 13.5 Å². The number of rotatable bonds is 5. The van der Waals surface area contributed by atoms with Crippen LogP contribution in [0.5, 0.6) is 0 Å². The molecule has 104 valence electrons. The highest BCUT2D eigenvalue weighted by Crippen LogP contribution is 2.15. The molecule has 0 saturated heterocycles. The van der Waals surface area contributed by atoms with Gasteiger partial charge in [0.25, 0.3) is 0 Å². The van der Waals surface area contributed by atoms with E-state index < -0.39 is 0 Å². The normalized spacial score (nSPS) is 10.1. The monoisotopic (exact) mass is 270 g/mol. The van der Waals surface area contributed by atoms with Crippen molar-refractivity contribution in [1.29, 1.82) is 0 Å². The molecule has 0 saturated carbocycles. The molecule has 0 aromatic heterocycles. The van der Waals surface area contributed by atoms with Crippen molar-refractivity contribution in [2.24, 2.45) is 0 Å². The van der Waals surface area contributed by atoms with Gasteiger partial charge in [-0.1, -0.05) is 36.4 Å². The number of benzene rings is 2. The Balaban J connectivity index is 1.94. The van der Waals surface area contributed by atoms with Gasteiger partial charge in [0.05, 0.1) is 13.2 Å². The summed E-state index contributed by atoms with van der Waals surface area (Å²) in [6.07, 6.45) is 0. The van der Waals surface area contributed by atoms with Gasteiger partial charge in [0, 0.05) is 16.9 Å². The van der Waals surface area contributed by atoms with Crippen molar-refractivity contribution < 1.29 is 9.90 Å². The van der Waals surface area contributed by atoms with E-state index in [1.807, 2.05) is 55.5 Å². The quantitative estimate of drug-likeness (QED) is 0.782. The third-order valence-corrected chi connectivity index (χ3v) is 3.05. The first-order valence-corrected chi connectivity index (χ1v) is 6.49. The lowest BCUT2D eigenvalue weighted by molar-refractivity contribution is -0.114. The second-order valence-electron chi connectivity index (χ2n) is 4.53. The molecular weight excluding hydrogens is 252 g/mol. The molecule has 0 heterocycles. The van der Waals surface area contributed by atoms with E-state index in [4.69, 9.17) is 0 Å². The molecule has 0 bridgehead atoms. The van der Waals surface area contributed by atoms with E-state index in [0.29, 0.717) is 0 Å². The van der Waals surface area contributed by atoms with E-state index in [9.17, 15) is 9.90 Å². The van der Waals surface area contributed by atoms with Gasteiger partial charge in [0.2, 0.25) is 5.91 Å². The molecule has 0 unspecified atom stereocenters. The predicted molar refractivity (Wildman–Crippen MR) is 80.7 cm³/mol. The van der Waals surface area contributed by atoms with Gasteiger partial charge in [0.15, 0.2) is 0 Å². The number of aliphatic hydroxyl groups excluding tert-OH is 1. The van der Waals surface area contributed by atoms with Crippen molar-refractivity contribution in [3.05, 3.63) is 59.7 Å². The van der Waals surface area contributed by atoms with Gasteiger partial charge in [-0.05, 0) is 24.6 Å². The maximum absolute atomic E-state index is 11.9. The molecule has 0 aliphatic carbocycles. The highest BCUT2D eigenvalue weighted by atomic mass is 16.3. The lowest BCUT2D eigenvalue weighted by Crippen LogP contribution is -2.22. The van der Waals surface area contributed by atoms with Gasteiger partial charge in [-0.25, -0.2) is 0 Å². The molecule has 1 amide bonds. The van der Waals surface area contributed by atoms with Crippen LogP contribution < -0.4 is 10.6 Å². The molecule has 0 aliphatic rings. The average molecular weight is 270 g/mol. The van der Waals surface area contributed by atoms with Gasteiger partial charge >= 0.3 is 0 Å². The zero-order valence-electron chi connectivity index (χ0n) is 11.4. The Hall–Kier alpha value is -2.33. The van der Waals surface area contributed by atoms with E-state index in [-0.39, 0.29) is 19.1 Å². The highest BCUT2D eigenvalue weighted by molar-refractivity contribution is 5.94. The van der Waals surface area contributed by atoms with Gasteiger partial charge in [-0.2, -0.15) is 0 Å². The number of carbonyl (C=O) groups excluding carboxylic acids is 1. The van der Waals surface area contributed by atoms with Crippen LogP contribution in [0.2, 0.25) is 0 Å². The minimum Gasteiger partial charge on any atom is -0.392 e. The molecule has 2 aromatic carbocycles. The molecule has 2 aromatic rings. The second kappa shape index (κ2) is 6.73. The molecule has 0 spiro atoms. The third-order valence-electron chi connectivity index (χ3n) is 3.05. The smallest absolute Gasteiger partial charge is 0.243 e. The lowest BCUT2D eigenvalue weighted by Gasteiger charge is -2.11. The van der Waals surface area contributed by atoms with Crippen LogP contribution in [0.4, 0.5) is 11.4 Å². The summed E-state index contributed by atoms with van der Waals surface area (Å²) >= 11 is 0. The fourth-order valence-corrected chi connectivity index (χ4v) is 1.91. The fraction of sp³-hybridized carbons (Fsp3) is 0.188. The number of aryl methyl sites for hydroxylation is 1. The van der Waals surface area contributed by atoms with E-state index in [2.05, 4.69) is 10.6 Å². The molecule has 20 heavy (non-hydrogen) atoms. The van der Waals surface area contributed by atoms with Crippen LogP contribution in [0.15, 0.2) is 48.5 Å². The van der Waals surface area contributed by atoms with Gasteiger partial charge in [-0.15, -0.1) is 0 Å². The third kappa shape index (κ3) is 3.59. The molecule has 0 fully saturated rings. The summed E-state index contributed by atoms with van der Waals surface area (Å²) in [5, 5.41) is 15.1. The van der Waals surface area contributed by atoms with Crippen LogP contribution in [0.25, 0.3) is 0 Å². The Bertz CT molecular complexity index is 597. The predicted octanol–water partition coefficient (Wildman–Crippen LogP) is 2.54. The Morgan fingerprint density at radius 1 is 1.05 bits per heavy atom. The summed E-state index contributed by atoms with van der Waals surface area (Å²) in [5.74, 6) is -0.118. The lowest BCUT2D eigenvalue weighted by atomic mass is 10.2. The summed E-state index contributed by atoms with van der Waals surface area (Å²) in [7, 11) is 0. The molecule has 0 radical (unpaired) electrons. The maximum Gasteiger partial charge on any atom is 0.243 e. The summed E-state index contributed by atoms with van der Waals surface area (Å²) in [5.41, 5.74) is 3.39. The summed E-state index contributed by atoms with van der Waals surface area (Å²) in [6.45, 7) is 2.05. The molecule has 4 heteroatoms. The first-order valence-electron chi connectivity index (χ1n) is 6.49. The average Bonchev–Trinajstić information content (AvgIpc) is 2.48. The first-order chi connectivity index (χ1) is 9.70. The fourth-order valence-electron chi connectivity index (χ4n) is 1.91. The number of hydrogen-bond donors (Lipinski definition) is 3. The number of amides is 1. The zero-order chi connectivity index (χ0) is 14.4. The minimum absolute atomic E-state index is 0.0530. The Kier molecular flexibility index (Phi) is 4.74. The first kappa shape index (κ1) is 14.1. The largest absolute Gasteiger partial charge is 0.392 e. The number of para-hydroxylation sites is 2. The van der Waals surface area contributed by atoms with Crippen molar-refractivity contribution in [3.63, 3.8) is 0 Å². The second-order valence-corrected chi connectivity index (χ2v) is 4.53. The van der Waals surface area contributed by atoms with E-state index in [1.54, 1.807) is 0 Å². The highest BCUT2D eigenvalue weighted by Gasteiger charge is 2.05. The van der Waals surface area contributed by atoms with Crippen LogP contribution in [-0.2, 0) is 11.4 Å². The van der Waals surface area contributed by atoms with Gasteiger partial charge in [-0.3, -0.25) is 4.79 Å². The van der Waals surface area contributed by atoms with E-state index >= 15 is 0 Å². The van der Waals surface area contributed by atoms with Crippen molar-refractivity contribution in [3.8, 4) is 0 Å². The Morgan fingerprint density at radius 2 is 1.70 bits per heavy atom. The molecule has 3 N–H and O–H groups in total. The summed E-state index contributed by atoms with van der Waals surface area (Å²) < 4.78 is 0. The summed E-state index contributed by atoms with van der Waals surface area (Å²) in [6, 6.07) is 15.0. The van der Waals surface area contributed by atoms with Crippen LogP contribution in [0.1, 0.15) is 11.1 Å². The van der Waals surface area contributed by atoms with Gasteiger partial charge < -0.3 is 15.7 Å². The van der Waals surface area contributed by atoms with Crippen LogP contribution >= 0.6 is 0 Å². The molecule has 0 atom stereocenters. The van der Waals surface area contributed by atoms with Crippen molar-refractivity contribution in [1.82, 2.24) is 0 Å². The van der Waals surface area contributed by atoms with E-state index in [0.717, 1.165) is 22.5 Å². The maximum atomic E-state index is 11.9. The number of aliphatic hydroxyl groups is 1. The Labute approximate surface area is 118 Å². The van der Waals surface area contributed by atoms with Crippen LogP contribution in [-0.4, -0.2) is 17.6 Å². The molecule has 4 nitrogen and oxygen atoms in total. The van der Waals surface area contributed by atoms with Gasteiger partial charge in [0.1, 0.15) is 0 Å². The van der Waals surface area contributed by atoms with Crippen molar-refractivity contribution in [2.75, 3.05) is 17.2 Å². The number of nitrogens with one attached hydrogen (secondary N) is 2. The topological polar surface area (TPSA) is 61.4 Å². The summed E-state index contributed by atoms with van der Waals surface area (Å²) in [4.78, 5) is 11.9. The number of anilines is 2. The Morgan fingerprint density at radius 3 is 2.40 bits per heavy atom. The van der Waals surface area contributed by atoms with Crippen molar-refractivity contribution >= 4 is 17.3 Å². The van der Waals surface area contributed by atoms with Crippen LogP contribution in [0.3, 0.4) is 0 Å². The standard InChI is InChI=1S/C16H18N2O2/c1-12-6-2-4-8-14(12)18-16(20)10-17-15-9-5-3-7-13(15)11-19/h2-9,17,19H,10-11H2,1H3,(H,18,20).